The van der Waals surface area contributed by atoms with Gasteiger partial charge in [0, 0.05) is 5.69 Å². The van der Waals surface area contributed by atoms with Gasteiger partial charge in [-0.05, 0) is 29.6 Å². The van der Waals surface area contributed by atoms with Crippen LogP contribution in [0.2, 0.25) is 0 Å². The highest BCUT2D eigenvalue weighted by Crippen LogP contribution is 2.19. The van der Waals surface area contributed by atoms with Gasteiger partial charge in [-0.15, -0.1) is 21.5 Å². The number of anilines is 2. The van der Waals surface area contributed by atoms with E-state index in [2.05, 4.69) is 20.5 Å². The summed E-state index contributed by atoms with van der Waals surface area (Å²) in [5.74, 6) is 0.232. The zero-order valence-corrected chi connectivity index (χ0v) is 11.5. The Morgan fingerprint density at radius 2 is 2.14 bits per heavy atom. The van der Waals surface area contributed by atoms with Crippen molar-refractivity contribution in [3.8, 4) is 16.6 Å². The summed E-state index contributed by atoms with van der Waals surface area (Å²) in [6.45, 7) is 0. The van der Waals surface area contributed by atoms with Crippen LogP contribution >= 0.6 is 11.3 Å². The zero-order valence-electron chi connectivity index (χ0n) is 10.7. The number of thiophene rings is 1. The maximum atomic E-state index is 12.0. The van der Waals surface area contributed by atoms with E-state index < -0.39 is 0 Å². The van der Waals surface area contributed by atoms with Gasteiger partial charge in [0.1, 0.15) is 0 Å². The summed E-state index contributed by atoms with van der Waals surface area (Å²) in [4.78, 5) is 15.4. The van der Waals surface area contributed by atoms with Gasteiger partial charge in [0.25, 0.3) is 5.56 Å². The van der Waals surface area contributed by atoms with E-state index in [0.29, 0.717) is 16.9 Å². The van der Waals surface area contributed by atoms with Gasteiger partial charge in [0.2, 0.25) is 5.95 Å². The first kappa shape index (κ1) is 13.0. The average Bonchev–Trinajstić information content (AvgIpc) is 3.01. The van der Waals surface area contributed by atoms with Crippen LogP contribution in [0, 0.1) is 11.3 Å². The molecule has 3 rings (SSSR count). The molecule has 0 fully saturated rings. The Morgan fingerprint density at radius 1 is 1.24 bits per heavy atom. The molecule has 0 radical (unpaired) electrons. The SMILES string of the molecule is N#Cc1cccc(Nc2nnc(-c3cccs3)c(=O)[nH]2)c1. The van der Waals surface area contributed by atoms with Crippen molar-refractivity contribution >= 4 is 23.0 Å². The number of aromatic amines is 1. The monoisotopic (exact) mass is 295 g/mol. The van der Waals surface area contributed by atoms with E-state index in [4.69, 9.17) is 5.26 Å². The van der Waals surface area contributed by atoms with Crippen LogP contribution in [0.1, 0.15) is 5.56 Å². The molecule has 2 N–H and O–H groups in total. The van der Waals surface area contributed by atoms with Gasteiger partial charge in [0.15, 0.2) is 5.69 Å². The molecule has 1 aromatic carbocycles. The number of hydrogen-bond acceptors (Lipinski definition) is 6. The molecule has 3 aromatic rings. The van der Waals surface area contributed by atoms with Crippen LogP contribution in [0.15, 0.2) is 46.6 Å². The molecule has 0 amide bonds. The Bertz CT molecular complexity index is 864. The number of aromatic nitrogens is 3. The Kier molecular flexibility index (Phi) is 3.45. The van der Waals surface area contributed by atoms with Crippen LogP contribution in [0.5, 0.6) is 0 Å². The fourth-order valence-corrected chi connectivity index (χ4v) is 2.48. The van der Waals surface area contributed by atoms with E-state index in [9.17, 15) is 4.79 Å². The standard InChI is InChI=1S/C14H9N5OS/c15-8-9-3-1-4-10(7-9)16-14-17-13(20)12(18-19-14)11-5-2-6-21-11/h1-7H,(H2,16,17,19,20). The molecule has 2 aromatic heterocycles. The Balaban J connectivity index is 1.89. The first-order valence-electron chi connectivity index (χ1n) is 6.04. The molecular formula is C14H9N5OS. The molecule has 0 aliphatic carbocycles. The van der Waals surface area contributed by atoms with Crippen LogP contribution in [0.25, 0.3) is 10.6 Å². The average molecular weight is 295 g/mol. The summed E-state index contributed by atoms with van der Waals surface area (Å²) in [6, 6.07) is 12.6. The molecular weight excluding hydrogens is 286 g/mol. The summed E-state index contributed by atoms with van der Waals surface area (Å²) in [6.07, 6.45) is 0. The lowest BCUT2D eigenvalue weighted by Crippen LogP contribution is -2.15. The van der Waals surface area contributed by atoms with Crippen molar-refractivity contribution in [2.75, 3.05) is 5.32 Å². The highest BCUT2D eigenvalue weighted by atomic mass is 32.1. The second kappa shape index (κ2) is 5.56. The molecule has 6 nitrogen and oxygen atoms in total. The first-order valence-corrected chi connectivity index (χ1v) is 6.92. The van der Waals surface area contributed by atoms with Crippen molar-refractivity contribution in [1.82, 2.24) is 15.2 Å². The summed E-state index contributed by atoms with van der Waals surface area (Å²) in [5, 5.41) is 21.5. The van der Waals surface area contributed by atoms with E-state index >= 15 is 0 Å². The number of H-pyrrole nitrogens is 1. The number of hydrogen-bond donors (Lipinski definition) is 2. The second-order valence-corrected chi connectivity index (χ2v) is 5.09. The van der Waals surface area contributed by atoms with Crippen LogP contribution < -0.4 is 10.9 Å². The molecule has 0 saturated heterocycles. The molecule has 2 heterocycles. The topological polar surface area (TPSA) is 94.5 Å². The summed E-state index contributed by atoms with van der Waals surface area (Å²) in [7, 11) is 0. The Labute approximate surface area is 123 Å². The van der Waals surface area contributed by atoms with Crippen molar-refractivity contribution < 1.29 is 0 Å². The zero-order chi connectivity index (χ0) is 14.7. The first-order chi connectivity index (χ1) is 10.3. The predicted molar refractivity (Wildman–Crippen MR) is 80.4 cm³/mol. The van der Waals surface area contributed by atoms with E-state index in [1.807, 2.05) is 23.6 Å². The molecule has 0 unspecified atom stereocenters. The van der Waals surface area contributed by atoms with Crippen molar-refractivity contribution in [3.05, 3.63) is 57.7 Å². The van der Waals surface area contributed by atoms with Crippen molar-refractivity contribution in [2.45, 2.75) is 0 Å². The van der Waals surface area contributed by atoms with Crippen LogP contribution in [0.4, 0.5) is 11.6 Å². The van der Waals surface area contributed by atoms with Gasteiger partial charge in [0.05, 0.1) is 16.5 Å². The molecule has 0 bridgehead atoms. The Hall–Kier alpha value is -2.98. The molecule has 7 heteroatoms. The van der Waals surface area contributed by atoms with Gasteiger partial charge < -0.3 is 5.32 Å². The summed E-state index contributed by atoms with van der Waals surface area (Å²) < 4.78 is 0. The number of nitrogens with one attached hydrogen (secondary N) is 2. The largest absolute Gasteiger partial charge is 0.324 e. The second-order valence-electron chi connectivity index (χ2n) is 4.15. The highest BCUT2D eigenvalue weighted by molar-refractivity contribution is 7.13. The number of nitriles is 1. The van der Waals surface area contributed by atoms with Crippen molar-refractivity contribution in [2.24, 2.45) is 0 Å². The lowest BCUT2D eigenvalue weighted by atomic mass is 10.2. The molecule has 0 aliphatic rings. The molecule has 21 heavy (non-hydrogen) atoms. The lowest BCUT2D eigenvalue weighted by Gasteiger charge is -2.05. The summed E-state index contributed by atoms with van der Waals surface area (Å²) in [5.41, 5.74) is 1.15. The number of benzene rings is 1. The third kappa shape index (κ3) is 2.80. The van der Waals surface area contributed by atoms with Crippen LogP contribution in [-0.4, -0.2) is 15.2 Å². The number of rotatable bonds is 3. The molecule has 0 atom stereocenters. The third-order valence-corrected chi connectivity index (χ3v) is 3.58. The van der Waals surface area contributed by atoms with E-state index in [1.165, 1.54) is 11.3 Å². The van der Waals surface area contributed by atoms with Crippen LogP contribution in [0.3, 0.4) is 0 Å². The fraction of sp³-hybridized carbons (Fsp3) is 0. The molecule has 0 spiro atoms. The van der Waals surface area contributed by atoms with Crippen LogP contribution in [-0.2, 0) is 0 Å². The molecule has 102 valence electrons. The van der Waals surface area contributed by atoms with Crippen molar-refractivity contribution in [3.63, 3.8) is 0 Å². The smallest absolute Gasteiger partial charge is 0.280 e. The minimum Gasteiger partial charge on any atom is -0.324 e. The van der Waals surface area contributed by atoms with Gasteiger partial charge >= 0.3 is 0 Å². The van der Waals surface area contributed by atoms with E-state index in [-0.39, 0.29) is 11.5 Å². The maximum absolute atomic E-state index is 12.0. The maximum Gasteiger partial charge on any atom is 0.280 e. The minimum absolute atomic E-state index is 0.232. The van der Waals surface area contributed by atoms with Gasteiger partial charge in [-0.2, -0.15) is 5.26 Å². The predicted octanol–water partition coefficient (Wildman–Crippen LogP) is 2.51. The van der Waals surface area contributed by atoms with E-state index in [0.717, 1.165) is 4.88 Å². The minimum atomic E-state index is -0.314. The fourth-order valence-electron chi connectivity index (χ4n) is 1.77. The number of nitrogens with zero attached hydrogens (tertiary/aromatic N) is 3. The summed E-state index contributed by atoms with van der Waals surface area (Å²) >= 11 is 1.43. The van der Waals surface area contributed by atoms with Gasteiger partial charge in [-0.25, -0.2) is 0 Å². The quantitative estimate of drug-likeness (QED) is 0.774. The molecule has 0 saturated carbocycles. The van der Waals surface area contributed by atoms with Gasteiger partial charge in [-0.1, -0.05) is 12.1 Å². The van der Waals surface area contributed by atoms with E-state index in [1.54, 1.807) is 24.3 Å². The van der Waals surface area contributed by atoms with Gasteiger partial charge in [-0.3, -0.25) is 9.78 Å². The Morgan fingerprint density at radius 3 is 2.86 bits per heavy atom. The highest BCUT2D eigenvalue weighted by Gasteiger charge is 2.08. The lowest BCUT2D eigenvalue weighted by molar-refractivity contribution is 0.964. The van der Waals surface area contributed by atoms with Crippen molar-refractivity contribution in [1.29, 1.82) is 5.26 Å². The third-order valence-electron chi connectivity index (χ3n) is 2.71. The molecule has 0 aliphatic heterocycles. The normalized spacial score (nSPS) is 10.0.